The van der Waals surface area contributed by atoms with Gasteiger partial charge >= 0.3 is 0 Å². The number of rotatable bonds is 4. The van der Waals surface area contributed by atoms with Crippen LogP contribution < -0.4 is 5.32 Å². The summed E-state index contributed by atoms with van der Waals surface area (Å²) in [4.78, 5) is 12.0. The van der Waals surface area contributed by atoms with Crippen LogP contribution in [0.15, 0.2) is 28.7 Å². The summed E-state index contributed by atoms with van der Waals surface area (Å²) < 4.78 is 0.975. The quantitative estimate of drug-likeness (QED) is 0.885. The summed E-state index contributed by atoms with van der Waals surface area (Å²) in [6.45, 7) is 2.53. The Bertz CT molecular complexity index is 477. The van der Waals surface area contributed by atoms with Gasteiger partial charge < -0.3 is 10.4 Å². The first-order valence-electron chi connectivity index (χ1n) is 7.20. The molecule has 2 N–H and O–H groups in total. The summed E-state index contributed by atoms with van der Waals surface area (Å²) in [5.41, 5.74) is 0.255. The molecule has 2 rings (SSSR count). The average molecular weight is 340 g/mol. The van der Waals surface area contributed by atoms with Crippen molar-refractivity contribution in [2.45, 2.75) is 44.6 Å². The minimum Gasteiger partial charge on any atom is -0.388 e. The standard InChI is InChI=1S/C16H22BrNO2/c1-12-4-3-7-16(20,10-12)11-18-15(19)9-13-5-2-6-14(17)8-13/h2,5-6,8,12,20H,3-4,7,9-11H2,1H3,(H,18,19). The fourth-order valence-electron chi connectivity index (χ4n) is 2.95. The topological polar surface area (TPSA) is 49.3 Å². The van der Waals surface area contributed by atoms with Crippen molar-refractivity contribution >= 4 is 21.8 Å². The molecule has 1 saturated carbocycles. The zero-order valence-corrected chi connectivity index (χ0v) is 13.4. The van der Waals surface area contributed by atoms with Crippen LogP contribution in [0, 0.1) is 5.92 Å². The molecule has 2 unspecified atom stereocenters. The number of carbonyl (C=O) groups excluding carboxylic acids is 1. The molecule has 110 valence electrons. The molecular formula is C16H22BrNO2. The van der Waals surface area contributed by atoms with Crippen LogP contribution >= 0.6 is 15.9 Å². The van der Waals surface area contributed by atoms with Gasteiger partial charge in [-0.2, -0.15) is 0 Å². The van der Waals surface area contributed by atoms with Crippen molar-refractivity contribution in [3.8, 4) is 0 Å². The molecule has 0 radical (unpaired) electrons. The molecule has 0 spiro atoms. The van der Waals surface area contributed by atoms with Crippen molar-refractivity contribution in [2.24, 2.45) is 5.92 Å². The number of nitrogens with one attached hydrogen (secondary N) is 1. The predicted octanol–water partition coefficient (Wildman–Crippen LogP) is 3.05. The Morgan fingerprint density at radius 3 is 3.05 bits per heavy atom. The van der Waals surface area contributed by atoms with Gasteiger partial charge in [0.05, 0.1) is 12.0 Å². The van der Waals surface area contributed by atoms with E-state index in [1.165, 1.54) is 6.42 Å². The van der Waals surface area contributed by atoms with Crippen molar-refractivity contribution in [1.82, 2.24) is 5.32 Å². The molecule has 3 nitrogen and oxygen atoms in total. The number of hydrogen-bond acceptors (Lipinski definition) is 2. The van der Waals surface area contributed by atoms with E-state index in [0.29, 0.717) is 18.9 Å². The number of benzene rings is 1. The molecule has 20 heavy (non-hydrogen) atoms. The Kier molecular flexibility index (Phi) is 5.22. The Morgan fingerprint density at radius 1 is 1.55 bits per heavy atom. The Labute approximate surface area is 128 Å². The summed E-state index contributed by atoms with van der Waals surface area (Å²) in [7, 11) is 0. The third kappa shape index (κ3) is 4.60. The lowest BCUT2D eigenvalue weighted by atomic mass is 9.79. The Morgan fingerprint density at radius 2 is 2.35 bits per heavy atom. The van der Waals surface area contributed by atoms with E-state index < -0.39 is 5.60 Å². The molecule has 1 aromatic rings. The molecule has 0 aromatic heterocycles. The van der Waals surface area contributed by atoms with Crippen LogP contribution in [0.4, 0.5) is 0 Å². The molecule has 1 amide bonds. The van der Waals surface area contributed by atoms with Gasteiger partial charge in [-0.1, -0.05) is 47.8 Å². The van der Waals surface area contributed by atoms with Crippen LogP contribution in [-0.2, 0) is 11.2 Å². The van der Waals surface area contributed by atoms with E-state index in [1.54, 1.807) is 0 Å². The Hall–Kier alpha value is -0.870. The minimum atomic E-state index is -0.718. The van der Waals surface area contributed by atoms with Crippen LogP contribution in [-0.4, -0.2) is 23.2 Å². The highest BCUT2D eigenvalue weighted by Crippen LogP contribution is 2.31. The molecule has 0 aliphatic heterocycles. The lowest BCUT2D eigenvalue weighted by molar-refractivity contribution is -0.122. The minimum absolute atomic E-state index is 0.0326. The van der Waals surface area contributed by atoms with E-state index >= 15 is 0 Å². The van der Waals surface area contributed by atoms with E-state index in [2.05, 4.69) is 28.2 Å². The van der Waals surface area contributed by atoms with Gasteiger partial charge in [0.15, 0.2) is 0 Å². The number of hydrogen-bond donors (Lipinski definition) is 2. The van der Waals surface area contributed by atoms with Crippen molar-refractivity contribution in [2.75, 3.05) is 6.54 Å². The molecule has 0 heterocycles. The number of aliphatic hydroxyl groups is 1. The summed E-state index contributed by atoms with van der Waals surface area (Å²) >= 11 is 3.40. The SMILES string of the molecule is CC1CCCC(O)(CNC(=O)Cc2cccc(Br)c2)C1. The summed E-state index contributed by atoms with van der Waals surface area (Å²) in [5, 5.41) is 13.4. The van der Waals surface area contributed by atoms with E-state index in [9.17, 15) is 9.90 Å². The predicted molar refractivity (Wildman–Crippen MR) is 83.4 cm³/mol. The van der Waals surface area contributed by atoms with Gasteiger partial charge in [-0.15, -0.1) is 0 Å². The van der Waals surface area contributed by atoms with Crippen molar-refractivity contribution in [3.05, 3.63) is 34.3 Å². The first-order chi connectivity index (χ1) is 9.47. The third-order valence-corrected chi connectivity index (χ3v) is 4.43. The fraction of sp³-hybridized carbons (Fsp3) is 0.562. The third-order valence-electron chi connectivity index (χ3n) is 3.94. The zero-order valence-electron chi connectivity index (χ0n) is 11.9. The lowest BCUT2D eigenvalue weighted by Crippen LogP contribution is -2.46. The molecular weight excluding hydrogens is 318 g/mol. The van der Waals surface area contributed by atoms with E-state index in [4.69, 9.17) is 0 Å². The largest absolute Gasteiger partial charge is 0.388 e. The second-order valence-corrected chi connectivity index (χ2v) is 6.92. The molecule has 0 bridgehead atoms. The van der Waals surface area contributed by atoms with Crippen molar-refractivity contribution < 1.29 is 9.90 Å². The maximum absolute atomic E-state index is 12.0. The van der Waals surface area contributed by atoms with E-state index in [-0.39, 0.29) is 5.91 Å². The summed E-state index contributed by atoms with van der Waals surface area (Å²) in [5.74, 6) is 0.505. The van der Waals surface area contributed by atoms with Crippen LogP contribution in [0.5, 0.6) is 0 Å². The molecule has 1 aliphatic carbocycles. The van der Waals surface area contributed by atoms with Gasteiger partial charge in [0.25, 0.3) is 0 Å². The average Bonchev–Trinajstić information content (AvgIpc) is 2.36. The van der Waals surface area contributed by atoms with Crippen LogP contribution in [0.1, 0.15) is 38.2 Å². The second-order valence-electron chi connectivity index (χ2n) is 6.01. The molecule has 2 atom stereocenters. The van der Waals surface area contributed by atoms with Crippen LogP contribution in [0.25, 0.3) is 0 Å². The highest BCUT2D eigenvalue weighted by Gasteiger charge is 2.32. The summed E-state index contributed by atoms with van der Waals surface area (Å²) in [6.07, 6.45) is 4.14. The van der Waals surface area contributed by atoms with Gasteiger partial charge in [0, 0.05) is 11.0 Å². The first kappa shape index (κ1) is 15.5. The summed E-state index contributed by atoms with van der Waals surface area (Å²) in [6, 6.07) is 7.73. The highest BCUT2D eigenvalue weighted by atomic mass is 79.9. The van der Waals surface area contributed by atoms with Gasteiger partial charge in [0.2, 0.25) is 5.91 Å². The van der Waals surface area contributed by atoms with Crippen LogP contribution in [0.3, 0.4) is 0 Å². The van der Waals surface area contributed by atoms with Crippen molar-refractivity contribution in [1.29, 1.82) is 0 Å². The molecule has 4 heteroatoms. The van der Waals surface area contributed by atoms with E-state index in [0.717, 1.165) is 29.3 Å². The molecule has 1 aromatic carbocycles. The smallest absolute Gasteiger partial charge is 0.224 e. The van der Waals surface area contributed by atoms with Gasteiger partial charge in [-0.3, -0.25) is 4.79 Å². The van der Waals surface area contributed by atoms with Gasteiger partial charge in [-0.05, 0) is 36.5 Å². The second kappa shape index (κ2) is 6.72. The molecule has 1 aliphatic rings. The van der Waals surface area contributed by atoms with Crippen molar-refractivity contribution in [3.63, 3.8) is 0 Å². The lowest BCUT2D eigenvalue weighted by Gasteiger charge is -2.35. The monoisotopic (exact) mass is 339 g/mol. The fourth-order valence-corrected chi connectivity index (χ4v) is 3.40. The highest BCUT2D eigenvalue weighted by molar-refractivity contribution is 9.10. The van der Waals surface area contributed by atoms with E-state index in [1.807, 2.05) is 24.3 Å². The van der Waals surface area contributed by atoms with Gasteiger partial charge in [0.1, 0.15) is 0 Å². The number of amides is 1. The maximum Gasteiger partial charge on any atom is 0.224 e. The molecule has 0 saturated heterocycles. The van der Waals surface area contributed by atoms with Gasteiger partial charge in [-0.25, -0.2) is 0 Å². The van der Waals surface area contributed by atoms with Crippen LogP contribution in [0.2, 0.25) is 0 Å². The normalized spacial score (nSPS) is 26.2. The number of carbonyl (C=O) groups is 1. The number of halogens is 1. The Balaban J connectivity index is 1.83. The first-order valence-corrected chi connectivity index (χ1v) is 8.00. The zero-order chi connectivity index (χ0) is 14.6. The maximum atomic E-state index is 12.0. The molecule has 1 fully saturated rings.